The Kier molecular flexibility index (Phi) is 2.97. The highest BCUT2D eigenvalue weighted by molar-refractivity contribution is 5.54. The summed E-state index contributed by atoms with van der Waals surface area (Å²) >= 11 is 0. The molecule has 0 N–H and O–H groups in total. The molecule has 0 amide bonds. The molecule has 1 aromatic carbocycles. The van der Waals surface area contributed by atoms with Crippen LogP contribution in [0.15, 0.2) is 24.3 Å². The van der Waals surface area contributed by atoms with Crippen LogP contribution < -0.4 is 9.64 Å². The Morgan fingerprint density at radius 1 is 1.47 bits per heavy atom. The Bertz CT molecular complexity index is 448. The van der Waals surface area contributed by atoms with Crippen LogP contribution in [0.5, 0.6) is 5.75 Å². The highest BCUT2D eigenvalue weighted by Crippen LogP contribution is 2.37. The first kappa shape index (κ1) is 11.8. The normalized spacial score (nSPS) is 22.2. The van der Waals surface area contributed by atoms with Gasteiger partial charge in [-0.15, -0.1) is 0 Å². The summed E-state index contributed by atoms with van der Waals surface area (Å²) in [4.78, 5) is 2.30. The van der Waals surface area contributed by atoms with Crippen molar-refractivity contribution in [2.75, 3.05) is 18.6 Å². The molecule has 2 rings (SSSR count). The predicted molar refractivity (Wildman–Crippen MR) is 68.1 cm³/mol. The fourth-order valence-electron chi connectivity index (χ4n) is 2.56. The van der Waals surface area contributed by atoms with Crippen LogP contribution in [-0.4, -0.2) is 19.2 Å². The molecule has 0 spiro atoms. The van der Waals surface area contributed by atoms with Gasteiger partial charge in [-0.3, -0.25) is 0 Å². The zero-order valence-electron chi connectivity index (χ0n) is 10.6. The maximum absolute atomic E-state index is 9.06. The monoisotopic (exact) mass is 230 g/mol. The fourth-order valence-corrected chi connectivity index (χ4v) is 2.56. The average molecular weight is 230 g/mol. The molecule has 0 bridgehead atoms. The van der Waals surface area contributed by atoms with Crippen LogP contribution in [-0.2, 0) is 0 Å². The topological polar surface area (TPSA) is 36.3 Å². The van der Waals surface area contributed by atoms with E-state index in [1.807, 2.05) is 18.2 Å². The lowest BCUT2D eigenvalue weighted by atomic mass is 9.97. The Balaban J connectivity index is 2.30. The first-order chi connectivity index (χ1) is 8.06. The molecule has 1 saturated heterocycles. The molecule has 0 radical (unpaired) electrons. The van der Waals surface area contributed by atoms with Crippen LogP contribution in [0.3, 0.4) is 0 Å². The third kappa shape index (κ3) is 2.21. The second-order valence-corrected chi connectivity index (χ2v) is 5.15. The van der Waals surface area contributed by atoms with Gasteiger partial charge in [0.15, 0.2) is 0 Å². The minimum Gasteiger partial charge on any atom is -0.497 e. The number of hydrogen-bond donors (Lipinski definition) is 0. The summed E-state index contributed by atoms with van der Waals surface area (Å²) in [5.74, 6) is 0.981. The van der Waals surface area contributed by atoms with Gasteiger partial charge >= 0.3 is 0 Å². The van der Waals surface area contributed by atoms with Crippen molar-refractivity contribution in [3.63, 3.8) is 0 Å². The van der Waals surface area contributed by atoms with Crippen LogP contribution in [0, 0.1) is 17.2 Å². The smallest absolute Gasteiger partial charge is 0.120 e. The molecule has 0 aliphatic carbocycles. The molecule has 0 saturated carbocycles. The number of nitriles is 1. The third-order valence-electron chi connectivity index (χ3n) is 3.43. The van der Waals surface area contributed by atoms with E-state index in [9.17, 15) is 0 Å². The molecular weight excluding hydrogens is 212 g/mol. The summed E-state index contributed by atoms with van der Waals surface area (Å²) in [6, 6.07) is 10.4. The number of hydrogen-bond acceptors (Lipinski definition) is 3. The van der Waals surface area contributed by atoms with Gasteiger partial charge in [0.1, 0.15) is 5.75 Å². The maximum atomic E-state index is 9.06. The summed E-state index contributed by atoms with van der Waals surface area (Å²) in [7, 11) is 1.67. The van der Waals surface area contributed by atoms with E-state index in [0.717, 1.165) is 24.4 Å². The van der Waals surface area contributed by atoms with Crippen LogP contribution in [0.2, 0.25) is 0 Å². The lowest BCUT2D eigenvalue weighted by Crippen LogP contribution is -2.38. The van der Waals surface area contributed by atoms with Gasteiger partial charge in [-0.25, -0.2) is 0 Å². The summed E-state index contributed by atoms with van der Waals surface area (Å²) in [5.41, 5.74) is 1.17. The summed E-state index contributed by atoms with van der Waals surface area (Å²) in [6.45, 7) is 5.17. The van der Waals surface area contributed by atoms with Crippen LogP contribution in [0.25, 0.3) is 0 Å². The number of ether oxygens (including phenoxy) is 1. The van der Waals surface area contributed by atoms with E-state index in [4.69, 9.17) is 10.00 Å². The molecule has 3 heteroatoms. The first-order valence-electron chi connectivity index (χ1n) is 5.88. The molecule has 1 unspecified atom stereocenters. The van der Waals surface area contributed by atoms with E-state index >= 15 is 0 Å². The second-order valence-electron chi connectivity index (χ2n) is 5.15. The highest BCUT2D eigenvalue weighted by atomic mass is 16.5. The Morgan fingerprint density at radius 3 is 2.82 bits per heavy atom. The summed E-state index contributed by atoms with van der Waals surface area (Å²) in [6.07, 6.45) is 0.917. The maximum Gasteiger partial charge on any atom is 0.120 e. The Hall–Kier alpha value is -1.69. The second kappa shape index (κ2) is 4.29. The van der Waals surface area contributed by atoms with Crippen molar-refractivity contribution >= 4 is 5.69 Å². The lowest BCUT2D eigenvalue weighted by Gasteiger charge is -2.33. The Labute approximate surface area is 103 Å². The van der Waals surface area contributed by atoms with Gasteiger partial charge in [-0.2, -0.15) is 5.26 Å². The van der Waals surface area contributed by atoms with Gasteiger partial charge in [-0.1, -0.05) is 6.07 Å². The zero-order valence-corrected chi connectivity index (χ0v) is 10.6. The molecular formula is C14H18N2O. The third-order valence-corrected chi connectivity index (χ3v) is 3.43. The van der Waals surface area contributed by atoms with Crippen molar-refractivity contribution in [1.82, 2.24) is 0 Å². The molecule has 90 valence electrons. The zero-order chi connectivity index (χ0) is 12.5. The minimum absolute atomic E-state index is 0.0345. The number of benzene rings is 1. The van der Waals surface area contributed by atoms with Gasteiger partial charge in [0, 0.05) is 23.8 Å². The van der Waals surface area contributed by atoms with Crippen LogP contribution in [0.1, 0.15) is 20.3 Å². The van der Waals surface area contributed by atoms with Gasteiger partial charge in [0.25, 0.3) is 0 Å². The van der Waals surface area contributed by atoms with Crippen molar-refractivity contribution in [1.29, 1.82) is 5.26 Å². The quantitative estimate of drug-likeness (QED) is 0.783. The molecule has 1 aromatic rings. The number of anilines is 1. The van der Waals surface area contributed by atoms with Crippen molar-refractivity contribution < 1.29 is 4.74 Å². The SMILES string of the molecule is COc1cccc(N2CC(C#N)CC2(C)C)c1. The molecule has 0 aromatic heterocycles. The highest BCUT2D eigenvalue weighted by Gasteiger charge is 2.38. The molecule has 1 aliphatic rings. The minimum atomic E-state index is 0.0345. The molecule has 1 heterocycles. The fraction of sp³-hybridized carbons (Fsp3) is 0.500. The van der Waals surface area contributed by atoms with Gasteiger partial charge in [-0.05, 0) is 32.4 Å². The Morgan fingerprint density at radius 2 is 2.24 bits per heavy atom. The van der Waals surface area contributed by atoms with Gasteiger partial charge in [0.05, 0.1) is 19.1 Å². The number of nitrogens with zero attached hydrogens (tertiary/aromatic N) is 2. The molecule has 3 nitrogen and oxygen atoms in total. The lowest BCUT2D eigenvalue weighted by molar-refractivity contribution is 0.414. The standard InChI is InChI=1S/C14H18N2O/c1-14(2)8-11(9-15)10-16(14)12-5-4-6-13(7-12)17-3/h4-7,11H,8,10H2,1-3H3. The van der Waals surface area contributed by atoms with Gasteiger partial charge in [0.2, 0.25) is 0 Å². The van der Waals surface area contributed by atoms with E-state index in [2.05, 4.69) is 30.9 Å². The average Bonchev–Trinajstić information content (AvgIpc) is 2.64. The molecule has 1 atom stereocenters. The van der Waals surface area contributed by atoms with Crippen LogP contribution >= 0.6 is 0 Å². The largest absolute Gasteiger partial charge is 0.497 e. The summed E-state index contributed by atoms with van der Waals surface area (Å²) in [5, 5.41) is 9.06. The van der Waals surface area contributed by atoms with E-state index < -0.39 is 0 Å². The van der Waals surface area contributed by atoms with Crippen LogP contribution in [0.4, 0.5) is 5.69 Å². The number of rotatable bonds is 2. The van der Waals surface area contributed by atoms with Gasteiger partial charge < -0.3 is 9.64 Å². The van der Waals surface area contributed by atoms with E-state index in [-0.39, 0.29) is 11.5 Å². The van der Waals surface area contributed by atoms with E-state index in [1.165, 1.54) is 0 Å². The predicted octanol–water partition coefficient (Wildman–Crippen LogP) is 2.82. The van der Waals surface area contributed by atoms with E-state index in [0.29, 0.717) is 0 Å². The summed E-state index contributed by atoms with van der Waals surface area (Å²) < 4.78 is 5.24. The van der Waals surface area contributed by atoms with Crippen molar-refractivity contribution in [3.8, 4) is 11.8 Å². The van der Waals surface area contributed by atoms with Crippen molar-refractivity contribution in [3.05, 3.63) is 24.3 Å². The van der Waals surface area contributed by atoms with Crippen molar-refractivity contribution in [2.45, 2.75) is 25.8 Å². The molecule has 1 aliphatic heterocycles. The first-order valence-corrected chi connectivity index (χ1v) is 5.88. The number of methoxy groups -OCH3 is 1. The molecule has 17 heavy (non-hydrogen) atoms. The van der Waals surface area contributed by atoms with Crippen molar-refractivity contribution in [2.24, 2.45) is 5.92 Å². The van der Waals surface area contributed by atoms with E-state index in [1.54, 1.807) is 7.11 Å². The molecule has 1 fully saturated rings.